The predicted octanol–water partition coefficient (Wildman–Crippen LogP) is 6.63. The molecule has 1 aliphatic carbocycles. The van der Waals surface area contributed by atoms with Crippen LogP contribution in [0.5, 0.6) is 17.5 Å². The fraction of sp³-hybridized carbons (Fsp3) is 0.386. The van der Waals surface area contributed by atoms with Gasteiger partial charge in [0.25, 0.3) is 27.4 Å². The van der Waals surface area contributed by atoms with Gasteiger partial charge in [0.2, 0.25) is 11.8 Å². The number of hydrogen-bond acceptors (Lipinski definition) is 16. The first-order valence-corrected chi connectivity index (χ1v) is 29.3. The summed E-state index contributed by atoms with van der Waals surface area (Å²) in [5.74, 6) is -1.47. The highest BCUT2D eigenvalue weighted by molar-refractivity contribution is 7.91. The molecule has 0 spiro atoms. The van der Waals surface area contributed by atoms with E-state index in [2.05, 4.69) is 48.5 Å². The molecule has 0 unspecified atom stereocenters. The van der Waals surface area contributed by atoms with Crippen molar-refractivity contribution in [1.29, 1.82) is 0 Å². The molecular formula is C57H67N7O14S2. The van der Waals surface area contributed by atoms with Crippen LogP contribution in [0.15, 0.2) is 98.7 Å². The van der Waals surface area contributed by atoms with Gasteiger partial charge in [0.15, 0.2) is 15.6 Å². The number of benzene rings is 4. The van der Waals surface area contributed by atoms with Gasteiger partial charge in [-0.3, -0.25) is 24.0 Å². The van der Waals surface area contributed by atoms with Gasteiger partial charge < -0.3 is 29.5 Å². The van der Waals surface area contributed by atoms with Gasteiger partial charge >= 0.3 is 5.97 Å². The highest BCUT2D eigenvalue weighted by atomic mass is 32.2. The zero-order valence-corrected chi connectivity index (χ0v) is 48.1. The number of nitrogens with zero attached hydrogens (tertiary/aromatic N) is 5. The molecule has 4 aromatic carbocycles. The summed E-state index contributed by atoms with van der Waals surface area (Å²) in [5, 5.41) is 20.6. The highest BCUT2D eigenvalue weighted by Crippen LogP contribution is 2.37. The number of sulfone groups is 1. The number of carbonyl (C=O) groups excluding carboxylic acids is 4. The van der Waals surface area contributed by atoms with Crippen LogP contribution in [0.25, 0.3) is 11.1 Å². The smallest absolute Gasteiger partial charge is 0.317 e. The van der Waals surface area contributed by atoms with Crippen molar-refractivity contribution in [2.75, 3.05) is 33.2 Å². The van der Waals surface area contributed by atoms with Gasteiger partial charge in [0, 0.05) is 42.5 Å². The van der Waals surface area contributed by atoms with Gasteiger partial charge in [-0.25, -0.2) is 35.6 Å². The first-order chi connectivity index (χ1) is 37.8. The molecule has 0 bridgehead atoms. The Bertz CT molecular complexity index is 3650. The molecule has 6 aromatic rings. The molecule has 3 aliphatic rings. The first kappa shape index (κ1) is 59.8. The molecule has 0 radical (unpaired) electrons. The standard InChI is InChI=1S/C23H32N2O4.C18H18N2O5S.C16H17N3O5S/c1-7-16-13-15(3)14-17(8-2)18(16)19-20(26)24-9-11-28-12-10-25(24)21(19)29-22(27)23(4,5)6;1-25-16-5-3-2-4-15(16)18(22)20-26(23,24)14-10-6-12(7-11-14)17(21)19-13-8-9-13;1-9-10(15(20)11-8-17-19(2)16(11)21)4-5-13(25(3,22)23)14(9)12-6-7-24-18-12/h13-14H,7-12H2,1-6H3;2-7,10-11,13H,8-9H2,1H3,(H,19,21)(H,20,22);4-5,8,21H,6-7H2,1-3H3. The average Bonchev–Trinajstić information content (AvgIpc) is 3.96. The maximum atomic E-state index is 13.5. The minimum absolute atomic E-state index is 0.0493. The summed E-state index contributed by atoms with van der Waals surface area (Å²) < 4.78 is 72.3. The van der Waals surface area contributed by atoms with Crippen LogP contribution in [0, 0.1) is 19.3 Å². The van der Waals surface area contributed by atoms with Crippen molar-refractivity contribution in [2.24, 2.45) is 17.6 Å². The molecule has 0 atom stereocenters. The number of amides is 2. The molecule has 23 heteroatoms. The Morgan fingerprint density at radius 3 is 2.00 bits per heavy atom. The van der Waals surface area contributed by atoms with E-state index in [9.17, 15) is 45.9 Å². The van der Waals surface area contributed by atoms with Crippen LogP contribution < -0.4 is 25.1 Å². The number of esters is 1. The molecule has 80 heavy (non-hydrogen) atoms. The van der Waals surface area contributed by atoms with Gasteiger partial charge in [-0.15, -0.1) is 0 Å². The summed E-state index contributed by atoms with van der Waals surface area (Å²) >= 11 is 0. The SMILES string of the molecule is CCc1cc(C)cc(CC)c1-c1c(OC(=O)C(C)(C)C)n2n(c1=O)CCOCC2.COc1ccccc1C(=O)NS(=O)(=O)c1ccc(C(=O)NC2CC2)cc1.Cc1c(C(=O)c2cnn(C)c2O)ccc(S(C)(=O)=O)c1C1=NOCC1. The number of aryl methyl sites for hydroxylation is 4. The van der Waals surface area contributed by atoms with E-state index in [1.54, 1.807) is 34.5 Å². The van der Waals surface area contributed by atoms with E-state index in [1.165, 1.54) is 73.1 Å². The predicted molar refractivity (Wildman–Crippen MR) is 298 cm³/mol. The Balaban J connectivity index is 0.000000174. The number of ether oxygens (including phenoxy) is 3. The highest BCUT2D eigenvalue weighted by Gasteiger charge is 2.33. The Morgan fingerprint density at radius 1 is 0.812 bits per heavy atom. The summed E-state index contributed by atoms with van der Waals surface area (Å²) in [6, 6.07) is 19.0. The second-order valence-corrected chi connectivity index (χ2v) is 24.1. The number of aromatic nitrogens is 4. The number of aromatic hydroxyl groups is 1. The Labute approximate surface area is 464 Å². The topological polar surface area (TPSA) is 275 Å². The summed E-state index contributed by atoms with van der Waals surface area (Å²) in [6.45, 7) is 15.6. The number of nitrogens with one attached hydrogen (secondary N) is 2. The molecule has 2 aromatic heterocycles. The Kier molecular flexibility index (Phi) is 18.4. The molecule has 2 aliphatic heterocycles. The largest absolute Gasteiger partial charge is 0.496 e. The molecular weight excluding hydrogens is 1070 g/mol. The van der Waals surface area contributed by atoms with Gasteiger partial charge in [0.05, 0.1) is 66.1 Å². The normalized spacial score (nSPS) is 14.2. The lowest BCUT2D eigenvalue weighted by atomic mass is 9.91. The Morgan fingerprint density at radius 2 is 1.45 bits per heavy atom. The number of sulfonamides is 1. The van der Waals surface area contributed by atoms with Crippen LogP contribution in [0.3, 0.4) is 0 Å². The van der Waals surface area contributed by atoms with Gasteiger partial charge in [-0.1, -0.05) is 48.8 Å². The molecule has 9 rings (SSSR count). The molecule has 2 amide bonds. The third-order valence-electron chi connectivity index (χ3n) is 13.4. The fourth-order valence-corrected chi connectivity index (χ4v) is 10.9. The zero-order chi connectivity index (χ0) is 58.4. The van der Waals surface area contributed by atoms with Crippen LogP contribution >= 0.6 is 0 Å². The summed E-state index contributed by atoms with van der Waals surface area (Å²) in [6.07, 6.45) is 6.36. The van der Waals surface area contributed by atoms with Gasteiger partial charge in [-0.2, -0.15) is 5.10 Å². The van der Waals surface area contributed by atoms with E-state index in [-0.39, 0.29) is 61.6 Å². The Hall–Kier alpha value is -7.89. The van der Waals surface area contributed by atoms with E-state index < -0.39 is 37.0 Å². The minimum Gasteiger partial charge on any atom is -0.496 e. The van der Waals surface area contributed by atoms with Crippen molar-refractivity contribution in [3.8, 4) is 28.6 Å². The average molecular weight is 1140 g/mol. The van der Waals surface area contributed by atoms with E-state index in [0.29, 0.717) is 73.2 Å². The lowest BCUT2D eigenvalue weighted by Gasteiger charge is -2.19. The fourth-order valence-electron chi connectivity index (χ4n) is 8.97. The van der Waals surface area contributed by atoms with Crippen LogP contribution in [0.1, 0.15) is 118 Å². The number of rotatable bonds is 14. The number of hydrogen-bond donors (Lipinski definition) is 3. The number of fused-ring (bicyclic) bond motifs is 1. The molecule has 426 valence electrons. The van der Waals surface area contributed by atoms with Crippen LogP contribution in [-0.2, 0) is 67.2 Å². The van der Waals surface area contributed by atoms with Crippen molar-refractivity contribution in [3.05, 3.63) is 139 Å². The van der Waals surface area contributed by atoms with Gasteiger partial charge in [0.1, 0.15) is 23.5 Å². The quantitative estimate of drug-likeness (QED) is 0.0763. The monoisotopic (exact) mass is 1140 g/mol. The number of carbonyl (C=O) groups is 4. The second kappa shape index (κ2) is 24.6. The van der Waals surface area contributed by atoms with Crippen molar-refractivity contribution >= 4 is 49.1 Å². The van der Waals surface area contributed by atoms with Crippen molar-refractivity contribution in [1.82, 2.24) is 29.2 Å². The number of para-hydroxylation sites is 1. The van der Waals surface area contributed by atoms with E-state index in [1.807, 2.05) is 25.5 Å². The molecule has 0 saturated heterocycles. The van der Waals surface area contributed by atoms with E-state index >= 15 is 0 Å². The first-order valence-electron chi connectivity index (χ1n) is 26.0. The molecule has 21 nitrogen and oxygen atoms in total. The van der Waals surface area contributed by atoms with E-state index in [4.69, 9.17) is 19.0 Å². The van der Waals surface area contributed by atoms with Crippen LogP contribution in [-0.4, -0.2) is 110 Å². The lowest BCUT2D eigenvalue weighted by molar-refractivity contribution is -0.143. The third kappa shape index (κ3) is 13.4. The van der Waals surface area contributed by atoms with E-state index in [0.717, 1.165) is 48.6 Å². The van der Waals surface area contributed by atoms with Crippen LogP contribution in [0.2, 0.25) is 0 Å². The van der Waals surface area contributed by atoms with Crippen molar-refractivity contribution in [2.45, 2.75) is 109 Å². The molecule has 1 fully saturated rings. The number of methoxy groups -OCH3 is 1. The number of oxime groups is 1. The van der Waals surface area contributed by atoms with Gasteiger partial charge in [-0.05, 0) is 131 Å². The third-order valence-corrected chi connectivity index (χ3v) is 15.9. The summed E-state index contributed by atoms with van der Waals surface area (Å²) in [5.41, 5.74) is 6.14. The zero-order valence-electron chi connectivity index (χ0n) is 46.5. The molecule has 4 heterocycles. The minimum atomic E-state index is -4.07. The molecule has 1 saturated carbocycles. The van der Waals surface area contributed by atoms with Crippen LogP contribution in [0.4, 0.5) is 0 Å². The second-order valence-electron chi connectivity index (χ2n) is 20.4. The lowest BCUT2D eigenvalue weighted by Crippen LogP contribution is -2.31. The maximum absolute atomic E-state index is 13.5. The summed E-state index contributed by atoms with van der Waals surface area (Å²) in [7, 11) is -4.68. The molecule has 3 N–H and O–H groups in total. The number of ketones is 1. The maximum Gasteiger partial charge on any atom is 0.317 e. The van der Waals surface area contributed by atoms with Crippen molar-refractivity contribution in [3.63, 3.8) is 0 Å². The summed E-state index contributed by atoms with van der Waals surface area (Å²) in [4.78, 5) is 68.3. The van der Waals surface area contributed by atoms with Crippen molar-refractivity contribution < 1.29 is 60.2 Å².